The molecule has 31 heavy (non-hydrogen) atoms. The van der Waals surface area contributed by atoms with E-state index in [2.05, 4.69) is 25.2 Å². The summed E-state index contributed by atoms with van der Waals surface area (Å²) in [6.45, 7) is 6.31. The predicted molar refractivity (Wildman–Crippen MR) is 125 cm³/mol. The number of hydrogen-bond acceptors (Lipinski definition) is 2. The van der Waals surface area contributed by atoms with E-state index >= 15 is 0 Å². The van der Waals surface area contributed by atoms with Crippen LogP contribution in [0.2, 0.25) is 5.02 Å². The first kappa shape index (κ1) is 23.6. The Balaban J connectivity index is 1.65. The second kappa shape index (κ2) is 10.5. The largest absolute Gasteiger partial charge is 0.481 e. The highest BCUT2D eigenvalue weighted by Crippen LogP contribution is 2.40. The fraction of sp³-hybridized carbons (Fsp3) is 0.500. The molecule has 0 aromatic heterocycles. The first-order valence-corrected chi connectivity index (χ1v) is 11.7. The minimum Gasteiger partial charge on any atom is -0.481 e. The van der Waals surface area contributed by atoms with Gasteiger partial charge in [0.25, 0.3) is 0 Å². The van der Waals surface area contributed by atoms with Crippen LogP contribution in [-0.4, -0.2) is 11.1 Å². The number of carbonyl (C=O) groups is 1. The number of anilines is 1. The normalized spacial score (nSPS) is 20.0. The van der Waals surface area contributed by atoms with Crippen LogP contribution in [0.5, 0.6) is 0 Å². The van der Waals surface area contributed by atoms with Gasteiger partial charge < -0.3 is 10.4 Å². The number of nitrogens with one attached hydrogen (secondary N) is 1. The summed E-state index contributed by atoms with van der Waals surface area (Å²) in [4.78, 5) is 11.0. The van der Waals surface area contributed by atoms with E-state index in [1.807, 2.05) is 31.2 Å². The number of aliphatic carboxylic acids is 1. The zero-order valence-corrected chi connectivity index (χ0v) is 19.4. The first-order valence-electron chi connectivity index (χ1n) is 11.3. The predicted octanol–water partition coefficient (Wildman–Crippen LogP) is 7.42. The molecule has 2 aromatic rings. The Hall–Kier alpha value is -2.07. The molecule has 1 aliphatic carbocycles. The van der Waals surface area contributed by atoms with Crippen molar-refractivity contribution in [2.45, 2.75) is 65.3 Å². The fourth-order valence-electron chi connectivity index (χ4n) is 4.48. The van der Waals surface area contributed by atoms with Crippen LogP contribution in [0.3, 0.4) is 0 Å². The lowest BCUT2D eigenvalue weighted by molar-refractivity contribution is -0.147. The van der Waals surface area contributed by atoms with Crippen molar-refractivity contribution in [1.29, 1.82) is 0 Å². The average molecular weight is 446 g/mol. The smallest absolute Gasteiger partial charge is 0.306 e. The van der Waals surface area contributed by atoms with Crippen molar-refractivity contribution in [3.05, 3.63) is 63.9 Å². The summed E-state index contributed by atoms with van der Waals surface area (Å²) in [5, 5.41) is 13.2. The molecule has 168 valence electrons. The molecule has 1 fully saturated rings. The fourth-order valence-corrected chi connectivity index (χ4v) is 4.60. The van der Waals surface area contributed by atoms with E-state index < -0.39 is 5.97 Å². The Bertz CT molecular complexity index is 910. The van der Waals surface area contributed by atoms with Crippen molar-refractivity contribution in [3.63, 3.8) is 0 Å². The topological polar surface area (TPSA) is 49.3 Å². The zero-order chi connectivity index (χ0) is 22.5. The van der Waals surface area contributed by atoms with Gasteiger partial charge in [-0.25, -0.2) is 4.39 Å². The van der Waals surface area contributed by atoms with Crippen molar-refractivity contribution in [2.24, 2.45) is 17.8 Å². The van der Waals surface area contributed by atoms with Gasteiger partial charge in [0.15, 0.2) is 0 Å². The van der Waals surface area contributed by atoms with Crippen LogP contribution in [-0.2, 0) is 11.2 Å². The van der Waals surface area contributed by atoms with E-state index in [4.69, 9.17) is 16.7 Å². The van der Waals surface area contributed by atoms with Gasteiger partial charge in [0.1, 0.15) is 5.82 Å². The third-order valence-electron chi connectivity index (χ3n) is 6.74. The summed E-state index contributed by atoms with van der Waals surface area (Å²) in [5.74, 6) is -0.119. The number of halogens is 2. The Morgan fingerprint density at radius 3 is 2.61 bits per heavy atom. The van der Waals surface area contributed by atoms with E-state index in [0.717, 1.165) is 60.2 Å². The average Bonchev–Trinajstić information content (AvgIpc) is 2.68. The van der Waals surface area contributed by atoms with E-state index in [1.54, 1.807) is 6.07 Å². The molecule has 1 saturated carbocycles. The van der Waals surface area contributed by atoms with Crippen LogP contribution < -0.4 is 5.32 Å². The van der Waals surface area contributed by atoms with Crippen LogP contribution in [0.4, 0.5) is 10.1 Å². The molecule has 0 amide bonds. The van der Waals surface area contributed by atoms with Crippen LogP contribution in [0.25, 0.3) is 0 Å². The number of carboxylic acid groups (broad SMARTS) is 1. The van der Waals surface area contributed by atoms with Crippen molar-refractivity contribution < 1.29 is 14.3 Å². The van der Waals surface area contributed by atoms with Crippen LogP contribution in [0, 0.1) is 30.5 Å². The molecular formula is C26H33ClFNO2. The summed E-state index contributed by atoms with van der Waals surface area (Å²) in [6, 6.07) is 11.3. The lowest BCUT2D eigenvalue weighted by Crippen LogP contribution is -2.34. The molecule has 3 nitrogen and oxygen atoms in total. The summed E-state index contributed by atoms with van der Waals surface area (Å²) in [5.41, 5.74) is 3.77. The van der Waals surface area contributed by atoms with Crippen molar-refractivity contribution in [2.75, 3.05) is 5.32 Å². The molecule has 0 heterocycles. The van der Waals surface area contributed by atoms with Gasteiger partial charge in [-0.3, -0.25) is 4.79 Å². The highest BCUT2D eigenvalue weighted by atomic mass is 35.5. The van der Waals surface area contributed by atoms with E-state index in [9.17, 15) is 9.18 Å². The standard InChI is InChI=1S/C26H33ClFNO2/c1-4-5-24(19-9-10-22(27)17(3)12-19)29-25-13-18(8-11-23(25)28)7-6-16(2)20-14-21(15-20)26(30)31/h8-13,16,20-21,24,29H,4-7,14-15H2,1-3H3,(H,30,31). The second-order valence-electron chi connectivity index (χ2n) is 9.09. The maximum atomic E-state index is 14.6. The highest BCUT2D eigenvalue weighted by Gasteiger charge is 2.37. The van der Waals surface area contributed by atoms with Crippen molar-refractivity contribution >= 4 is 23.3 Å². The Morgan fingerprint density at radius 2 is 1.97 bits per heavy atom. The van der Waals surface area contributed by atoms with E-state index in [0.29, 0.717) is 17.5 Å². The molecule has 5 heteroatoms. The number of aryl methyl sites for hydroxylation is 2. The van der Waals surface area contributed by atoms with E-state index in [-0.39, 0.29) is 17.8 Å². The molecule has 2 atom stereocenters. The van der Waals surface area contributed by atoms with Crippen molar-refractivity contribution in [3.8, 4) is 0 Å². The first-order chi connectivity index (χ1) is 14.8. The third kappa shape index (κ3) is 6.00. The molecule has 2 aromatic carbocycles. The third-order valence-corrected chi connectivity index (χ3v) is 7.16. The van der Waals surface area contributed by atoms with Crippen molar-refractivity contribution in [1.82, 2.24) is 0 Å². The highest BCUT2D eigenvalue weighted by molar-refractivity contribution is 6.31. The number of hydrogen-bond donors (Lipinski definition) is 2. The molecule has 3 rings (SSSR count). The maximum Gasteiger partial charge on any atom is 0.306 e. The van der Waals surface area contributed by atoms with Crippen LogP contribution in [0.15, 0.2) is 36.4 Å². The quantitative estimate of drug-likeness (QED) is 0.400. The second-order valence-corrected chi connectivity index (χ2v) is 9.50. The SMILES string of the molecule is CCCC(Nc1cc(CCC(C)C2CC(C(=O)O)C2)ccc1F)c1ccc(Cl)c(C)c1. The molecule has 0 spiro atoms. The van der Waals surface area contributed by atoms with Gasteiger partial charge in [-0.1, -0.05) is 50.1 Å². The Kier molecular flexibility index (Phi) is 7.99. The lowest BCUT2D eigenvalue weighted by Gasteiger charge is -2.36. The van der Waals surface area contributed by atoms with Gasteiger partial charge in [-0.15, -0.1) is 0 Å². The van der Waals surface area contributed by atoms with Gasteiger partial charge in [0, 0.05) is 5.02 Å². The van der Waals surface area contributed by atoms with E-state index in [1.165, 1.54) is 0 Å². The number of carboxylic acids is 1. The minimum absolute atomic E-state index is 0.0209. The minimum atomic E-state index is -0.671. The van der Waals surface area contributed by atoms with Gasteiger partial charge in [0.2, 0.25) is 0 Å². The molecule has 0 saturated heterocycles. The Morgan fingerprint density at radius 1 is 1.23 bits per heavy atom. The van der Waals surface area contributed by atoms with Crippen LogP contribution >= 0.6 is 11.6 Å². The number of rotatable bonds is 10. The van der Waals surface area contributed by atoms with Gasteiger partial charge in [0.05, 0.1) is 17.6 Å². The molecule has 0 bridgehead atoms. The summed E-state index contributed by atoms with van der Waals surface area (Å²) in [6.07, 6.45) is 5.29. The molecule has 1 aliphatic rings. The molecular weight excluding hydrogens is 413 g/mol. The van der Waals surface area contributed by atoms with Gasteiger partial charge >= 0.3 is 5.97 Å². The van der Waals surface area contributed by atoms with Crippen LogP contribution in [0.1, 0.15) is 68.7 Å². The summed E-state index contributed by atoms with van der Waals surface area (Å²) >= 11 is 6.18. The maximum absolute atomic E-state index is 14.6. The van der Waals surface area contributed by atoms with Gasteiger partial charge in [-0.2, -0.15) is 0 Å². The summed E-state index contributed by atoms with van der Waals surface area (Å²) < 4.78 is 14.6. The molecule has 2 unspecified atom stereocenters. The molecule has 0 radical (unpaired) electrons. The Labute approximate surface area is 190 Å². The molecule has 0 aliphatic heterocycles. The lowest BCUT2D eigenvalue weighted by atomic mass is 9.68. The zero-order valence-electron chi connectivity index (χ0n) is 18.6. The van der Waals surface area contributed by atoms with Gasteiger partial charge in [-0.05, 0) is 85.8 Å². The summed E-state index contributed by atoms with van der Waals surface area (Å²) in [7, 11) is 0. The molecule has 2 N–H and O–H groups in total. The number of benzene rings is 2. The monoisotopic (exact) mass is 445 g/mol.